The molecule has 4 heterocycles. The molecule has 0 bridgehead atoms. The zero-order valence-electron chi connectivity index (χ0n) is 29.9. The van der Waals surface area contributed by atoms with Crippen molar-refractivity contribution in [3.05, 3.63) is 112 Å². The van der Waals surface area contributed by atoms with E-state index in [4.69, 9.17) is 0 Å². The molecule has 3 aromatic carbocycles. The molecule has 52 heavy (non-hydrogen) atoms. The molecule has 8 nitrogen and oxygen atoms in total. The zero-order chi connectivity index (χ0) is 36.7. The van der Waals surface area contributed by atoms with Gasteiger partial charge in [0.1, 0.15) is 5.69 Å². The molecule has 7 rings (SSSR count). The summed E-state index contributed by atoms with van der Waals surface area (Å²) in [6.07, 6.45) is 0.234. The maximum atomic E-state index is 14.6. The monoisotopic (exact) mass is 711 g/mol. The van der Waals surface area contributed by atoms with E-state index >= 15 is 0 Å². The van der Waals surface area contributed by atoms with Crippen LogP contribution in [0.3, 0.4) is 0 Å². The minimum absolute atomic E-state index is 0.0488. The van der Waals surface area contributed by atoms with Crippen molar-refractivity contribution >= 4 is 23.4 Å². The van der Waals surface area contributed by atoms with Crippen molar-refractivity contribution in [2.24, 2.45) is 0 Å². The van der Waals surface area contributed by atoms with Crippen LogP contribution < -0.4 is 4.90 Å². The molecule has 0 N–H and O–H groups in total. The number of hydrogen-bond donors (Lipinski definition) is 0. The largest absolute Gasteiger partial charge is 0.417 e. The van der Waals surface area contributed by atoms with E-state index in [0.29, 0.717) is 53.3 Å². The number of aromatic nitrogens is 1. The second-order valence-electron chi connectivity index (χ2n) is 14.4. The normalized spacial score (nSPS) is 17.0. The molecule has 4 aromatic rings. The van der Waals surface area contributed by atoms with E-state index in [-0.39, 0.29) is 35.9 Å². The van der Waals surface area contributed by atoms with Crippen LogP contribution in [0.5, 0.6) is 0 Å². The smallest absolute Gasteiger partial charge is 0.339 e. The van der Waals surface area contributed by atoms with Gasteiger partial charge in [-0.3, -0.25) is 14.4 Å². The predicted molar refractivity (Wildman–Crippen MR) is 194 cm³/mol. The summed E-state index contributed by atoms with van der Waals surface area (Å²) in [5.41, 5.74) is 3.67. The number of aryl methyl sites for hydroxylation is 1. The van der Waals surface area contributed by atoms with E-state index in [1.54, 1.807) is 48.2 Å². The Kier molecular flexibility index (Phi) is 9.73. The first-order valence-electron chi connectivity index (χ1n) is 18.1. The number of anilines is 1. The number of benzene rings is 3. The molecule has 0 radical (unpaired) electrons. The van der Waals surface area contributed by atoms with Crippen molar-refractivity contribution in [3.63, 3.8) is 0 Å². The first-order valence-corrected chi connectivity index (χ1v) is 18.1. The molecular formula is C41H44F3N5O3. The molecule has 0 aliphatic carbocycles. The molecule has 0 saturated carbocycles. The average Bonchev–Trinajstić information content (AvgIpc) is 3.46. The van der Waals surface area contributed by atoms with Crippen LogP contribution >= 0.6 is 0 Å². The summed E-state index contributed by atoms with van der Waals surface area (Å²) in [5, 5.41) is 0. The van der Waals surface area contributed by atoms with Crippen molar-refractivity contribution in [2.45, 2.75) is 64.3 Å². The van der Waals surface area contributed by atoms with Gasteiger partial charge < -0.3 is 24.2 Å². The number of halogens is 3. The Bertz CT molecular complexity index is 2010. The van der Waals surface area contributed by atoms with Crippen LogP contribution in [0.1, 0.15) is 85.7 Å². The number of piperidine rings is 2. The minimum atomic E-state index is -4.53. The van der Waals surface area contributed by atoms with E-state index in [2.05, 4.69) is 11.9 Å². The SMILES string of the molecule is Cc1cc(C(=O)N2Cc3ccc(C(=O)N(C)C4CCN(C)CC4)n3Cc3ccc(C(=O)N4CCCCC4)cc32)ccc1-c1ccccc1C(F)(F)F. The first kappa shape index (κ1) is 35.5. The molecule has 1 aromatic heterocycles. The molecule has 3 aliphatic heterocycles. The highest BCUT2D eigenvalue weighted by atomic mass is 19.4. The van der Waals surface area contributed by atoms with Gasteiger partial charge in [-0.05, 0) is 124 Å². The van der Waals surface area contributed by atoms with Gasteiger partial charge in [0.2, 0.25) is 0 Å². The predicted octanol–water partition coefficient (Wildman–Crippen LogP) is 7.48. The standard InChI is InChI=1S/C41H44F3N5O3/c1-27-23-28(13-15-33(27)34-9-5-6-10-35(34)41(42,43)44)39(51)49-26-32-14-16-36(40(52)46(3)31-17-21-45(2)22-18-31)48(32)25-30-12-11-29(24-37(30)49)38(50)47-19-7-4-8-20-47/h5-6,9-16,23-24,31H,4,7-8,17-22,25-26H2,1-3H3. The van der Waals surface area contributed by atoms with Crippen LogP contribution in [0, 0.1) is 6.92 Å². The number of alkyl halides is 3. The van der Waals surface area contributed by atoms with Gasteiger partial charge in [-0.1, -0.05) is 30.3 Å². The fraction of sp³-hybridized carbons (Fsp3) is 0.390. The van der Waals surface area contributed by atoms with Gasteiger partial charge in [-0.25, -0.2) is 0 Å². The summed E-state index contributed by atoms with van der Waals surface area (Å²) < 4.78 is 43.7. The fourth-order valence-corrected chi connectivity index (χ4v) is 7.93. The van der Waals surface area contributed by atoms with E-state index in [9.17, 15) is 27.6 Å². The van der Waals surface area contributed by atoms with E-state index in [0.717, 1.165) is 62.5 Å². The molecule has 3 amide bonds. The molecule has 11 heteroatoms. The van der Waals surface area contributed by atoms with Gasteiger partial charge in [0.25, 0.3) is 17.7 Å². The van der Waals surface area contributed by atoms with Gasteiger partial charge in [0.15, 0.2) is 0 Å². The Morgan fingerprint density at radius 1 is 0.769 bits per heavy atom. The minimum Gasteiger partial charge on any atom is -0.339 e. The average molecular weight is 712 g/mol. The third kappa shape index (κ3) is 6.86. The number of rotatable bonds is 5. The van der Waals surface area contributed by atoms with E-state index in [1.807, 2.05) is 39.6 Å². The Hall–Kier alpha value is -4.90. The lowest BCUT2D eigenvalue weighted by molar-refractivity contribution is -0.137. The van der Waals surface area contributed by atoms with Gasteiger partial charge in [-0.2, -0.15) is 13.2 Å². The van der Waals surface area contributed by atoms with Crippen molar-refractivity contribution < 1.29 is 27.6 Å². The highest BCUT2D eigenvalue weighted by Gasteiger charge is 2.35. The molecular weight excluding hydrogens is 667 g/mol. The van der Waals surface area contributed by atoms with Crippen molar-refractivity contribution in [2.75, 3.05) is 45.2 Å². The molecule has 0 unspecified atom stereocenters. The topological polar surface area (TPSA) is 69.1 Å². The number of fused-ring (bicyclic) bond motifs is 2. The van der Waals surface area contributed by atoms with Gasteiger partial charge in [-0.15, -0.1) is 0 Å². The number of carbonyl (C=O) groups is 3. The van der Waals surface area contributed by atoms with E-state index < -0.39 is 11.7 Å². The molecule has 2 fully saturated rings. The molecule has 272 valence electrons. The van der Waals surface area contributed by atoms with Crippen molar-refractivity contribution in [1.29, 1.82) is 0 Å². The third-order valence-corrected chi connectivity index (χ3v) is 11.0. The van der Waals surface area contributed by atoms with Crippen LogP contribution in [0.4, 0.5) is 18.9 Å². The number of amides is 3. The highest BCUT2D eigenvalue weighted by molar-refractivity contribution is 6.08. The third-order valence-electron chi connectivity index (χ3n) is 11.0. The van der Waals surface area contributed by atoms with Gasteiger partial charge in [0, 0.05) is 43.0 Å². The first-order chi connectivity index (χ1) is 24.9. The van der Waals surface area contributed by atoms with E-state index in [1.165, 1.54) is 12.1 Å². The molecule has 3 aliphatic rings. The van der Waals surface area contributed by atoms with Crippen LogP contribution in [0.2, 0.25) is 0 Å². The summed E-state index contributed by atoms with van der Waals surface area (Å²) in [7, 11) is 3.94. The Balaban J connectivity index is 1.26. The zero-order valence-corrected chi connectivity index (χ0v) is 29.9. The fourth-order valence-electron chi connectivity index (χ4n) is 7.93. The molecule has 2 saturated heterocycles. The summed E-state index contributed by atoms with van der Waals surface area (Å²) in [5.74, 6) is -0.518. The number of carbonyl (C=O) groups excluding carboxylic acids is 3. The van der Waals surface area contributed by atoms with Crippen LogP contribution in [-0.4, -0.2) is 83.3 Å². The lowest BCUT2D eigenvalue weighted by Gasteiger charge is -2.35. The van der Waals surface area contributed by atoms with Gasteiger partial charge >= 0.3 is 6.18 Å². The lowest BCUT2D eigenvalue weighted by Crippen LogP contribution is -2.45. The molecule has 0 spiro atoms. The van der Waals surface area contributed by atoms with Crippen LogP contribution in [0.15, 0.2) is 72.8 Å². The second-order valence-corrected chi connectivity index (χ2v) is 14.4. The van der Waals surface area contributed by atoms with Crippen molar-refractivity contribution in [1.82, 2.24) is 19.3 Å². The van der Waals surface area contributed by atoms with Crippen LogP contribution in [-0.2, 0) is 19.3 Å². The summed E-state index contributed by atoms with van der Waals surface area (Å²) in [6, 6.07) is 19.5. The number of hydrogen-bond acceptors (Lipinski definition) is 4. The number of nitrogens with zero attached hydrogens (tertiary/aromatic N) is 5. The van der Waals surface area contributed by atoms with Gasteiger partial charge in [0.05, 0.1) is 24.3 Å². The Morgan fingerprint density at radius 2 is 1.46 bits per heavy atom. The Labute approximate surface area is 302 Å². The highest BCUT2D eigenvalue weighted by Crippen LogP contribution is 2.39. The Morgan fingerprint density at radius 3 is 2.17 bits per heavy atom. The molecule has 0 atom stereocenters. The summed E-state index contributed by atoms with van der Waals surface area (Å²) in [4.78, 5) is 49.8. The number of likely N-dealkylation sites (tertiary alicyclic amines) is 2. The summed E-state index contributed by atoms with van der Waals surface area (Å²) in [6.45, 7) is 5.38. The maximum absolute atomic E-state index is 14.6. The van der Waals surface area contributed by atoms with Crippen LogP contribution in [0.25, 0.3) is 11.1 Å². The summed E-state index contributed by atoms with van der Waals surface area (Å²) >= 11 is 0. The quantitative estimate of drug-likeness (QED) is 0.215. The maximum Gasteiger partial charge on any atom is 0.417 e. The second kappa shape index (κ2) is 14.3. The van der Waals surface area contributed by atoms with Crippen molar-refractivity contribution in [3.8, 4) is 11.1 Å². The lowest BCUT2D eigenvalue weighted by atomic mass is 9.94.